The van der Waals surface area contributed by atoms with E-state index >= 15 is 0 Å². The van der Waals surface area contributed by atoms with E-state index < -0.39 is 11.9 Å². The van der Waals surface area contributed by atoms with Crippen LogP contribution < -0.4 is 4.90 Å². The first-order valence-electron chi connectivity index (χ1n) is 12.1. The number of rotatable bonds is 6. The van der Waals surface area contributed by atoms with Crippen molar-refractivity contribution in [2.45, 2.75) is 38.4 Å². The average Bonchev–Trinajstić information content (AvgIpc) is 3.55. The zero-order chi connectivity index (χ0) is 26.6. The largest absolute Gasteiger partial charge is 0.435 e. The molecule has 12 heteroatoms. The number of alkyl halides is 3. The van der Waals surface area contributed by atoms with Crippen molar-refractivity contribution in [2.24, 2.45) is 0 Å². The molecule has 4 heterocycles. The summed E-state index contributed by atoms with van der Waals surface area (Å²) in [7, 11) is 3.87. The van der Waals surface area contributed by atoms with Crippen LogP contribution in [0.3, 0.4) is 0 Å². The fourth-order valence-corrected chi connectivity index (χ4v) is 4.50. The maximum Gasteiger partial charge on any atom is 0.435 e. The smallest absolute Gasteiger partial charge is 0.362 e. The zero-order valence-electron chi connectivity index (χ0n) is 21.0. The molecule has 38 heavy (non-hydrogen) atoms. The molecule has 0 aliphatic heterocycles. The summed E-state index contributed by atoms with van der Waals surface area (Å²) in [5.41, 5.74) is 3.43. The minimum Gasteiger partial charge on any atom is -0.362 e. The molecule has 0 bridgehead atoms. The number of nitrogens with zero attached hydrogens (tertiary/aromatic N) is 9. The van der Waals surface area contributed by atoms with Gasteiger partial charge in [0.1, 0.15) is 12.1 Å². The summed E-state index contributed by atoms with van der Waals surface area (Å²) < 4.78 is 42.2. The SMILES string of the molecule is Cc1cc(C(F)(F)F)nn1-c1ccc(Cn2ncc3cnc(-c4c(C5CC5)ncnc4N(C)C)nc32)cc1. The van der Waals surface area contributed by atoms with Crippen LogP contribution in [0.5, 0.6) is 0 Å². The Labute approximate surface area is 216 Å². The molecule has 1 fully saturated rings. The third-order valence-electron chi connectivity index (χ3n) is 6.54. The number of halogens is 3. The summed E-state index contributed by atoms with van der Waals surface area (Å²) in [6.07, 6.45) is 2.75. The number of aromatic nitrogens is 8. The van der Waals surface area contributed by atoms with Crippen molar-refractivity contribution in [2.75, 3.05) is 19.0 Å². The molecule has 0 saturated heterocycles. The van der Waals surface area contributed by atoms with Crippen molar-refractivity contribution in [3.63, 3.8) is 0 Å². The molecule has 0 amide bonds. The lowest BCUT2D eigenvalue weighted by molar-refractivity contribution is -0.141. The van der Waals surface area contributed by atoms with E-state index in [1.54, 1.807) is 42.5 Å². The van der Waals surface area contributed by atoms with E-state index in [-0.39, 0.29) is 0 Å². The van der Waals surface area contributed by atoms with Crippen LogP contribution in [0.2, 0.25) is 0 Å². The normalized spacial score (nSPS) is 13.8. The second kappa shape index (κ2) is 8.89. The van der Waals surface area contributed by atoms with Gasteiger partial charge in [-0.3, -0.25) is 0 Å². The van der Waals surface area contributed by atoms with Crippen molar-refractivity contribution in [1.82, 2.24) is 39.5 Å². The first-order valence-corrected chi connectivity index (χ1v) is 12.1. The van der Waals surface area contributed by atoms with Crippen LogP contribution in [0, 0.1) is 6.92 Å². The monoisotopic (exact) mass is 519 g/mol. The molecule has 9 nitrogen and oxygen atoms in total. The summed E-state index contributed by atoms with van der Waals surface area (Å²) >= 11 is 0. The van der Waals surface area contributed by atoms with Gasteiger partial charge in [0.05, 0.1) is 35.1 Å². The molecule has 1 aliphatic rings. The number of hydrogen-bond acceptors (Lipinski definition) is 7. The Bertz CT molecular complexity index is 1610. The van der Waals surface area contributed by atoms with Gasteiger partial charge >= 0.3 is 6.18 Å². The Morgan fingerprint density at radius 2 is 1.79 bits per heavy atom. The summed E-state index contributed by atoms with van der Waals surface area (Å²) in [5, 5.41) is 9.03. The Kier molecular flexibility index (Phi) is 5.62. The summed E-state index contributed by atoms with van der Waals surface area (Å²) in [6.45, 7) is 2.02. The van der Waals surface area contributed by atoms with Crippen molar-refractivity contribution in [3.05, 3.63) is 71.7 Å². The van der Waals surface area contributed by atoms with Crippen LogP contribution >= 0.6 is 0 Å². The van der Waals surface area contributed by atoms with Crippen LogP contribution in [0.25, 0.3) is 28.1 Å². The standard InChI is InChI=1S/C26H24F3N9/c1-15-10-20(26(27,28)29)35-38(15)19-8-4-16(5-9-19)13-37-24-18(12-33-37)11-30-23(34-24)21-22(17-6-7-17)31-14-32-25(21)36(2)3/h4-5,8-12,14,17H,6-7,13H2,1-3H3. The van der Waals surface area contributed by atoms with E-state index in [1.165, 1.54) is 4.68 Å². The second-order valence-corrected chi connectivity index (χ2v) is 9.65. The molecular weight excluding hydrogens is 495 g/mol. The quantitative estimate of drug-likeness (QED) is 0.319. The van der Waals surface area contributed by atoms with E-state index in [4.69, 9.17) is 4.98 Å². The van der Waals surface area contributed by atoms with E-state index in [9.17, 15) is 13.2 Å². The average molecular weight is 520 g/mol. The van der Waals surface area contributed by atoms with E-state index in [0.29, 0.717) is 35.3 Å². The molecule has 6 rings (SSSR count). The fourth-order valence-electron chi connectivity index (χ4n) is 4.50. The van der Waals surface area contributed by atoms with Gasteiger partial charge in [-0.1, -0.05) is 12.1 Å². The number of hydrogen-bond donors (Lipinski definition) is 0. The van der Waals surface area contributed by atoms with Gasteiger partial charge in [-0.2, -0.15) is 23.4 Å². The zero-order valence-corrected chi connectivity index (χ0v) is 21.0. The molecule has 0 atom stereocenters. The van der Waals surface area contributed by atoms with Crippen molar-refractivity contribution in [1.29, 1.82) is 0 Å². The molecule has 1 saturated carbocycles. The van der Waals surface area contributed by atoms with E-state index in [0.717, 1.165) is 46.9 Å². The lowest BCUT2D eigenvalue weighted by Crippen LogP contribution is -2.14. The predicted octanol–water partition coefficient (Wildman–Crippen LogP) is 4.79. The third kappa shape index (κ3) is 4.35. The topological polar surface area (TPSA) is 90.4 Å². The molecule has 1 aromatic carbocycles. The first-order chi connectivity index (χ1) is 18.2. The second-order valence-electron chi connectivity index (χ2n) is 9.65. The maximum absolute atomic E-state index is 13.1. The van der Waals surface area contributed by atoms with Crippen LogP contribution in [0.1, 0.15) is 41.4 Å². The van der Waals surface area contributed by atoms with Crippen LogP contribution in [-0.2, 0) is 12.7 Å². The first kappa shape index (κ1) is 24.0. The van der Waals surface area contributed by atoms with Gasteiger partial charge in [0.2, 0.25) is 0 Å². The minimum absolute atomic E-state index is 0.389. The highest BCUT2D eigenvalue weighted by Crippen LogP contribution is 2.44. The van der Waals surface area contributed by atoms with Crippen molar-refractivity contribution < 1.29 is 13.2 Å². The Morgan fingerprint density at radius 1 is 1.03 bits per heavy atom. The number of fused-ring (bicyclic) bond motifs is 1. The van der Waals surface area contributed by atoms with E-state index in [1.807, 2.05) is 31.1 Å². The molecule has 1 aliphatic carbocycles. The van der Waals surface area contributed by atoms with Crippen LogP contribution in [0.15, 0.2) is 49.1 Å². The highest BCUT2D eigenvalue weighted by molar-refractivity contribution is 5.80. The molecule has 5 aromatic rings. The fraction of sp³-hybridized carbons (Fsp3) is 0.308. The number of aryl methyl sites for hydroxylation is 1. The Hall–Kier alpha value is -4.35. The van der Waals surface area contributed by atoms with Crippen LogP contribution in [0.4, 0.5) is 19.0 Å². The number of anilines is 1. The maximum atomic E-state index is 13.1. The van der Waals surface area contributed by atoms with Crippen molar-refractivity contribution in [3.8, 4) is 17.1 Å². The number of benzene rings is 1. The molecule has 0 radical (unpaired) electrons. The Balaban J connectivity index is 1.32. The lowest BCUT2D eigenvalue weighted by Gasteiger charge is -2.17. The van der Waals surface area contributed by atoms with Gasteiger partial charge in [-0.25, -0.2) is 29.3 Å². The lowest BCUT2D eigenvalue weighted by atomic mass is 10.1. The Morgan fingerprint density at radius 3 is 2.45 bits per heavy atom. The molecule has 0 spiro atoms. The van der Waals surface area contributed by atoms with E-state index in [2.05, 4.69) is 25.1 Å². The van der Waals surface area contributed by atoms with Gasteiger partial charge < -0.3 is 4.90 Å². The van der Waals surface area contributed by atoms with Crippen LogP contribution in [-0.4, -0.2) is 53.6 Å². The summed E-state index contributed by atoms with van der Waals surface area (Å²) in [5.74, 6) is 1.71. The minimum atomic E-state index is -4.49. The summed E-state index contributed by atoms with van der Waals surface area (Å²) in [6, 6.07) is 8.22. The highest BCUT2D eigenvalue weighted by atomic mass is 19.4. The molecule has 4 aromatic heterocycles. The van der Waals surface area contributed by atoms with Gasteiger partial charge in [0.15, 0.2) is 17.2 Å². The molecule has 0 unspecified atom stereocenters. The van der Waals surface area contributed by atoms with Gasteiger partial charge in [-0.15, -0.1) is 0 Å². The van der Waals surface area contributed by atoms with Crippen molar-refractivity contribution >= 4 is 16.9 Å². The van der Waals surface area contributed by atoms with Gasteiger partial charge in [0.25, 0.3) is 0 Å². The third-order valence-corrected chi connectivity index (χ3v) is 6.54. The molecular formula is C26H24F3N9. The molecule has 0 N–H and O–H groups in total. The predicted molar refractivity (Wildman–Crippen MR) is 135 cm³/mol. The van der Waals surface area contributed by atoms with Gasteiger partial charge in [0, 0.05) is 31.9 Å². The molecule has 194 valence electrons. The van der Waals surface area contributed by atoms with Gasteiger partial charge in [-0.05, 0) is 43.5 Å². The highest BCUT2D eigenvalue weighted by Gasteiger charge is 2.34. The summed E-state index contributed by atoms with van der Waals surface area (Å²) in [4.78, 5) is 20.5.